The largest absolute Gasteiger partial charge is 0.337 e. The lowest BCUT2D eigenvalue weighted by atomic mass is 10.1. The quantitative estimate of drug-likeness (QED) is 0.523. The van der Waals surface area contributed by atoms with E-state index in [1.807, 2.05) is 6.07 Å². The Bertz CT molecular complexity index is 564. The second-order valence-electron chi connectivity index (χ2n) is 5.04. The minimum atomic E-state index is -0.756. The molecule has 1 saturated heterocycles. The molecule has 0 atom stereocenters. The van der Waals surface area contributed by atoms with E-state index in [0.29, 0.717) is 5.69 Å². The Kier molecular flexibility index (Phi) is 5.46. The lowest BCUT2D eigenvalue weighted by molar-refractivity contribution is -0.880. The van der Waals surface area contributed by atoms with Crippen molar-refractivity contribution in [2.45, 2.75) is 12.8 Å². The minimum absolute atomic E-state index is 0.556. The van der Waals surface area contributed by atoms with Gasteiger partial charge in [0.25, 0.3) is 0 Å². The van der Waals surface area contributed by atoms with Crippen molar-refractivity contribution in [1.82, 2.24) is 5.43 Å². The highest BCUT2D eigenvalue weighted by Crippen LogP contribution is 2.15. The van der Waals surface area contributed by atoms with Crippen LogP contribution in [0.25, 0.3) is 0 Å². The molecule has 1 heterocycles. The monoisotopic (exact) mass is 353 g/mol. The van der Waals surface area contributed by atoms with E-state index in [1.165, 1.54) is 4.90 Å². The van der Waals surface area contributed by atoms with Crippen molar-refractivity contribution in [2.24, 2.45) is 5.10 Å². The third kappa shape index (κ3) is 4.95. The molecule has 21 heavy (non-hydrogen) atoms. The Morgan fingerprint density at radius 2 is 1.95 bits per heavy atom. The van der Waals surface area contributed by atoms with Crippen molar-refractivity contribution in [3.05, 3.63) is 28.7 Å². The van der Waals surface area contributed by atoms with Gasteiger partial charge in [0.15, 0.2) is 0 Å². The SMILES string of the molecule is C[NH+]1CCC(=NNC(=O)C(=O)Nc2cccc(Br)c2)CC1. The summed E-state index contributed by atoms with van der Waals surface area (Å²) in [6.07, 6.45) is 1.69. The number of piperidine rings is 1. The lowest BCUT2D eigenvalue weighted by Gasteiger charge is -2.20. The van der Waals surface area contributed by atoms with Crippen LogP contribution in [0, 0.1) is 0 Å². The van der Waals surface area contributed by atoms with Crippen molar-refractivity contribution >= 4 is 39.1 Å². The average Bonchev–Trinajstić information content (AvgIpc) is 2.46. The lowest BCUT2D eigenvalue weighted by Crippen LogP contribution is -3.10. The average molecular weight is 354 g/mol. The molecule has 3 N–H and O–H groups in total. The van der Waals surface area contributed by atoms with Crippen molar-refractivity contribution in [3.8, 4) is 0 Å². The molecule has 0 radical (unpaired) electrons. The van der Waals surface area contributed by atoms with E-state index in [2.05, 4.69) is 38.8 Å². The van der Waals surface area contributed by atoms with Gasteiger partial charge in [0, 0.05) is 28.7 Å². The second-order valence-corrected chi connectivity index (χ2v) is 5.96. The van der Waals surface area contributed by atoms with Gasteiger partial charge < -0.3 is 10.2 Å². The fourth-order valence-electron chi connectivity index (χ4n) is 2.01. The molecule has 0 unspecified atom stereocenters. The van der Waals surface area contributed by atoms with Crippen LogP contribution < -0.4 is 15.6 Å². The van der Waals surface area contributed by atoms with Gasteiger partial charge in [0.2, 0.25) is 0 Å². The maximum atomic E-state index is 11.7. The molecule has 6 nitrogen and oxygen atoms in total. The fourth-order valence-corrected chi connectivity index (χ4v) is 2.41. The standard InChI is InChI=1S/C14H17BrN4O2/c1-19-7-5-11(6-8-19)17-18-14(21)13(20)16-12-4-2-3-10(15)9-12/h2-4,9H,5-8H2,1H3,(H,16,20)(H,18,21)/p+1. The molecule has 0 aromatic heterocycles. The van der Waals surface area contributed by atoms with Gasteiger partial charge in [-0.15, -0.1) is 0 Å². The molecule has 2 amide bonds. The highest BCUT2D eigenvalue weighted by molar-refractivity contribution is 9.10. The predicted molar refractivity (Wildman–Crippen MR) is 84.2 cm³/mol. The topological polar surface area (TPSA) is 75.0 Å². The molecule has 0 saturated carbocycles. The number of carbonyl (C=O) groups excluding carboxylic acids is 2. The molecular weight excluding hydrogens is 336 g/mol. The van der Waals surface area contributed by atoms with E-state index < -0.39 is 11.8 Å². The van der Waals surface area contributed by atoms with E-state index in [1.54, 1.807) is 18.2 Å². The maximum Gasteiger partial charge on any atom is 0.329 e. The maximum absolute atomic E-state index is 11.7. The van der Waals surface area contributed by atoms with Crippen LogP contribution in [0.15, 0.2) is 33.8 Å². The first-order valence-corrected chi connectivity index (χ1v) is 7.57. The van der Waals surface area contributed by atoms with E-state index in [0.717, 1.165) is 36.1 Å². The number of hydrazone groups is 1. The zero-order valence-corrected chi connectivity index (χ0v) is 13.4. The smallest absolute Gasteiger partial charge is 0.329 e. The number of anilines is 1. The van der Waals surface area contributed by atoms with Crippen molar-refractivity contribution < 1.29 is 14.5 Å². The van der Waals surface area contributed by atoms with Gasteiger partial charge in [-0.1, -0.05) is 22.0 Å². The number of hydrogen-bond acceptors (Lipinski definition) is 3. The summed E-state index contributed by atoms with van der Waals surface area (Å²) < 4.78 is 0.828. The Morgan fingerprint density at radius 3 is 2.62 bits per heavy atom. The van der Waals surface area contributed by atoms with E-state index in [4.69, 9.17) is 0 Å². The molecule has 1 aliphatic heterocycles. The first kappa shape index (κ1) is 15.7. The highest BCUT2D eigenvalue weighted by atomic mass is 79.9. The van der Waals surface area contributed by atoms with Gasteiger partial charge in [-0.2, -0.15) is 5.10 Å². The van der Waals surface area contributed by atoms with Gasteiger partial charge in [-0.05, 0) is 18.2 Å². The summed E-state index contributed by atoms with van der Waals surface area (Å²) in [4.78, 5) is 24.9. The summed E-state index contributed by atoms with van der Waals surface area (Å²) in [5, 5.41) is 6.55. The van der Waals surface area contributed by atoms with Gasteiger partial charge in [0.1, 0.15) is 0 Å². The van der Waals surface area contributed by atoms with Gasteiger partial charge >= 0.3 is 11.8 Å². The van der Waals surface area contributed by atoms with E-state index >= 15 is 0 Å². The number of amides is 2. The molecule has 0 bridgehead atoms. The minimum Gasteiger partial charge on any atom is -0.337 e. The number of halogens is 1. The molecule has 1 aromatic carbocycles. The molecule has 112 valence electrons. The second kappa shape index (κ2) is 7.33. The number of quaternary nitrogens is 1. The van der Waals surface area contributed by atoms with Crippen molar-refractivity contribution in [3.63, 3.8) is 0 Å². The van der Waals surface area contributed by atoms with Crippen LogP contribution in [0.1, 0.15) is 12.8 Å². The van der Waals surface area contributed by atoms with Gasteiger partial charge in [-0.3, -0.25) is 9.59 Å². The molecule has 1 aliphatic rings. The number of hydrogen-bond donors (Lipinski definition) is 3. The number of nitrogens with one attached hydrogen (secondary N) is 3. The van der Waals surface area contributed by atoms with Crippen LogP contribution in [-0.4, -0.2) is 37.7 Å². The summed E-state index contributed by atoms with van der Waals surface area (Å²) >= 11 is 3.30. The number of rotatable bonds is 2. The predicted octanol–water partition coefficient (Wildman–Crippen LogP) is 0.168. The molecule has 1 fully saturated rings. The van der Waals surface area contributed by atoms with Crippen LogP contribution in [0.3, 0.4) is 0 Å². The first-order valence-electron chi connectivity index (χ1n) is 6.78. The molecule has 0 spiro atoms. The number of nitrogens with zero attached hydrogens (tertiary/aromatic N) is 1. The number of likely N-dealkylation sites (tertiary alicyclic amines) is 1. The number of benzene rings is 1. The zero-order valence-electron chi connectivity index (χ0n) is 11.8. The van der Waals surface area contributed by atoms with Gasteiger partial charge in [0.05, 0.1) is 20.1 Å². The van der Waals surface area contributed by atoms with E-state index in [-0.39, 0.29) is 0 Å². The Balaban J connectivity index is 1.85. The Morgan fingerprint density at radius 1 is 1.24 bits per heavy atom. The normalized spacial score (nSPS) is 18.0. The Hall–Kier alpha value is -1.73. The van der Waals surface area contributed by atoms with Crippen LogP contribution in [0.5, 0.6) is 0 Å². The van der Waals surface area contributed by atoms with Crippen molar-refractivity contribution in [1.29, 1.82) is 0 Å². The third-order valence-electron chi connectivity index (χ3n) is 3.28. The summed E-state index contributed by atoms with van der Waals surface area (Å²) in [5.41, 5.74) is 3.81. The molecule has 0 aliphatic carbocycles. The molecule has 7 heteroatoms. The zero-order chi connectivity index (χ0) is 15.2. The summed E-state index contributed by atoms with van der Waals surface area (Å²) in [5.74, 6) is -1.48. The van der Waals surface area contributed by atoms with Crippen molar-refractivity contribution in [2.75, 3.05) is 25.5 Å². The van der Waals surface area contributed by atoms with Gasteiger partial charge in [-0.25, -0.2) is 5.43 Å². The van der Waals surface area contributed by atoms with E-state index in [9.17, 15) is 9.59 Å². The van der Waals surface area contributed by atoms with Crippen LogP contribution in [-0.2, 0) is 9.59 Å². The third-order valence-corrected chi connectivity index (χ3v) is 3.78. The summed E-state index contributed by atoms with van der Waals surface area (Å²) in [6.45, 7) is 2.00. The fraction of sp³-hybridized carbons (Fsp3) is 0.357. The molecule has 2 rings (SSSR count). The molecule has 1 aromatic rings. The Labute approximate surface area is 131 Å². The first-order chi connectivity index (χ1) is 10.0. The summed E-state index contributed by atoms with van der Waals surface area (Å²) in [6, 6.07) is 7.04. The summed E-state index contributed by atoms with van der Waals surface area (Å²) in [7, 11) is 2.13. The van der Waals surface area contributed by atoms with Crippen LogP contribution in [0.2, 0.25) is 0 Å². The highest BCUT2D eigenvalue weighted by Gasteiger charge is 2.17. The van der Waals surface area contributed by atoms with Crippen LogP contribution >= 0.6 is 15.9 Å². The molecular formula is C14H18BrN4O2+. The van der Waals surface area contributed by atoms with Crippen LogP contribution in [0.4, 0.5) is 5.69 Å². The number of carbonyl (C=O) groups is 2.